The maximum atomic E-state index is 13.6. The van der Waals surface area contributed by atoms with E-state index in [2.05, 4.69) is 20.3 Å². The number of ether oxygens (including phenoxy) is 3. The van der Waals surface area contributed by atoms with Gasteiger partial charge in [-0.25, -0.2) is 19.7 Å². The number of carboxylic acid groups (broad SMARTS) is 1. The maximum absolute atomic E-state index is 13.6. The molecule has 3 aromatic rings. The second-order valence-electron chi connectivity index (χ2n) is 10.8. The topological polar surface area (TPSA) is 136 Å². The number of methoxy groups -OCH3 is 1. The van der Waals surface area contributed by atoms with Gasteiger partial charge in [-0.15, -0.1) is 0 Å². The van der Waals surface area contributed by atoms with Gasteiger partial charge in [0.15, 0.2) is 0 Å². The molecule has 1 aromatic carbocycles. The fourth-order valence-corrected chi connectivity index (χ4v) is 5.22. The van der Waals surface area contributed by atoms with E-state index >= 15 is 0 Å². The zero-order chi connectivity index (χ0) is 35.2. The second-order valence-corrected chi connectivity index (χ2v) is 10.8. The van der Waals surface area contributed by atoms with Gasteiger partial charge in [-0.2, -0.15) is 26.3 Å². The number of halogens is 6. The number of pyridine rings is 1. The maximum Gasteiger partial charge on any atom is 0.416 e. The van der Waals surface area contributed by atoms with Gasteiger partial charge in [-0.05, 0) is 49.6 Å². The molecule has 2 aromatic heterocycles. The van der Waals surface area contributed by atoms with Crippen molar-refractivity contribution in [3.05, 3.63) is 70.2 Å². The standard InChI is InChI=1S/C31H33F6N5O6/c1-4-21-14-23(27-24(6-7-25(41-27)46-3)42(21)29(45)48-5-2)40-28-38-15-18(16-47-9-8-26(43)44)22(39-28)12-17-10-19(30(32,33)34)13-20(11-17)31(35,36)37/h6-7,10-11,13,15,21,23H,4-5,8-9,12,14,16H2,1-3H3,(H,43,44)(H,38,39,40)/t21-,23+/m1/s1. The third-order valence-corrected chi connectivity index (χ3v) is 7.48. The number of amides is 1. The number of nitrogens with one attached hydrogen (secondary N) is 1. The molecule has 11 nitrogen and oxygen atoms in total. The molecule has 1 amide bonds. The molecule has 0 spiro atoms. The number of carboxylic acids is 1. The lowest BCUT2D eigenvalue weighted by atomic mass is 9.93. The molecular weight excluding hydrogens is 652 g/mol. The highest BCUT2D eigenvalue weighted by atomic mass is 19.4. The number of alkyl halides is 6. The number of carbonyl (C=O) groups is 2. The van der Waals surface area contributed by atoms with Gasteiger partial charge in [-0.1, -0.05) is 6.92 Å². The van der Waals surface area contributed by atoms with Gasteiger partial charge < -0.3 is 24.6 Å². The molecule has 0 radical (unpaired) electrons. The van der Waals surface area contributed by atoms with Crippen LogP contribution >= 0.6 is 0 Å². The van der Waals surface area contributed by atoms with Crippen molar-refractivity contribution in [3.63, 3.8) is 0 Å². The zero-order valence-corrected chi connectivity index (χ0v) is 26.1. The molecule has 2 atom stereocenters. The average Bonchev–Trinajstić information content (AvgIpc) is 3.02. The van der Waals surface area contributed by atoms with Crippen molar-refractivity contribution >= 4 is 23.7 Å². The fourth-order valence-electron chi connectivity index (χ4n) is 5.22. The summed E-state index contributed by atoms with van der Waals surface area (Å²) in [6, 6.07) is 3.55. The van der Waals surface area contributed by atoms with Crippen LogP contribution in [-0.4, -0.2) is 58.5 Å². The van der Waals surface area contributed by atoms with E-state index in [1.54, 1.807) is 19.1 Å². The Balaban J connectivity index is 1.74. The van der Waals surface area contributed by atoms with Gasteiger partial charge in [0, 0.05) is 30.3 Å². The Hall–Kier alpha value is -4.67. The molecule has 260 valence electrons. The quantitative estimate of drug-likeness (QED) is 0.155. The SMILES string of the molecule is CCOC(=O)N1c2ccc(OC)nc2[C@@H](Nc2ncc(COCCC(=O)O)c(Cc3cc(C(F)(F)F)cc(C(F)(F)F)c3)n2)C[C@H]1CC. The summed E-state index contributed by atoms with van der Waals surface area (Å²) in [5.41, 5.74) is -2.17. The van der Waals surface area contributed by atoms with Crippen molar-refractivity contribution in [3.8, 4) is 5.88 Å². The first-order valence-corrected chi connectivity index (χ1v) is 14.8. The fraction of sp³-hybridized carbons (Fsp3) is 0.452. The highest BCUT2D eigenvalue weighted by Crippen LogP contribution is 2.40. The van der Waals surface area contributed by atoms with Crippen molar-refractivity contribution in [1.29, 1.82) is 0 Å². The third kappa shape index (κ3) is 8.81. The minimum Gasteiger partial charge on any atom is -0.481 e. The molecule has 1 aliphatic heterocycles. The Bertz CT molecular complexity index is 1590. The highest BCUT2D eigenvalue weighted by Gasteiger charge is 2.39. The number of fused-ring (bicyclic) bond motifs is 1. The monoisotopic (exact) mass is 685 g/mol. The van der Waals surface area contributed by atoms with E-state index in [1.165, 1.54) is 18.2 Å². The number of carbonyl (C=O) groups excluding carboxylic acids is 1. The minimum atomic E-state index is -5.05. The first kappa shape index (κ1) is 36.2. The van der Waals surface area contributed by atoms with Crippen LogP contribution in [0, 0.1) is 0 Å². The average molecular weight is 686 g/mol. The summed E-state index contributed by atoms with van der Waals surface area (Å²) in [5, 5.41) is 12.1. The molecule has 0 bridgehead atoms. The number of aliphatic carboxylic acids is 1. The molecule has 0 saturated heterocycles. The summed E-state index contributed by atoms with van der Waals surface area (Å²) in [5.74, 6) is -0.901. The van der Waals surface area contributed by atoms with E-state index in [0.717, 1.165) is 0 Å². The van der Waals surface area contributed by atoms with E-state index < -0.39 is 48.0 Å². The molecule has 2 N–H and O–H groups in total. The Labute approximate surface area is 271 Å². The Kier molecular flexibility index (Phi) is 11.3. The van der Waals surface area contributed by atoms with Gasteiger partial charge in [-0.3, -0.25) is 9.69 Å². The lowest BCUT2D eigenvalue weighted by molar-refractivity contribution is -0.143. The predicted molar refractivity (Wildman–Crippen MR) is 159 cm³/mol. The van der Waals surface area contributed by atoms with Crippen LogP contribution in [-0.2, 0) is 39.6 Å². The lowest BCUT2D eigenvalue weighted by Gasteiger charge is -2.39. The van der Waals surface area contributed by atoms with E-state index in [1.807, 2.05) is 6.92 Å². The Morgan fingerprint density at radius 3 is 2.31 bits per heavy atom. The molecule has 3 heterocycles. The number of rotatable bonds is 12. The largest absolute Gasteiger partial charge is 0.481 e. The first-order valence-electron chi connectivity index (χ1n) is 14.8. The Morgan fingerprint density at radius 1 is 1.04 bits per heavy atom. The van der Waals surface area contributed by atoms with Crippen LogP contribution < -0.4 is 15.0 Å². The highest BCUT2D eigenvalue weighted by molar-refractivity contribution is 5.90. The van der Waals surface area contributed by atoms with E-state index in [0.29, 0.717) is 36.4 Å². The number of hydrogen-bond donors (Lipinski definition) is 2. The lowest BCUT2D eigenvalue weighted by Crippen LogP contribution is -2.46. The molecular formula is C31H33F6N5O6. The number of nitrogens with zero attached hydrogens (tertiary/aromatic N) is 4. The molecule has 1 aliphatic rings. The molecule has 0 unspecified atom stereocenters. The predicted octanol–water partition coefficient (Wildman–Crippen LogP) is 6.80. The second kappa shape index (κ2) is 15.0. The summed E-state index contributed by atoms with van der Waals surface area (Å²) >= 11 is 0. The van der Waals surface area contributed by atoms with Gasteiger partial charge in [0.1, 0.15) is 0 Å². The van der Waals surface area contributed by atoms with Gasteiger partial charge in [0.05, 0.1) is 67.6 Å². The van der Waals surface area contributed by atoms with Crippen LogP contribution in [0.3, 0.4) is 0 Å². The van der Waals surface area contributed by atoms with E-state index in [4.69, 9.17) is 19.3 Å². The summed E-state index contributed by atoms with van der Waals surface area (Å²) < 4.78 is 97.5. The van der Waals surface area contributed by atoms with Crippen LogP contribution in [0.2, 0.25) is 0 Å². The minimum absolute atomic E-state index is 0.0256. The summed E-state index contributed by atoms with van der Waals surface area (Å²) in [4.78, 5) is 38.7. The van der Waals surface area contributed by atoms with E-state index in [-0.39, 0.29) is 67.0 Å². The zero-order valence-electron chi connectivity index (χ0n) is 26.1. The van der Waals surface area contributed by atoms with Crippen molar-refractivity contribution < 1.29 is 55.2 Å². The summed E-state index contributed by atoms with van der Waals surface area (Å²) in [6.45, 7) is 3.24. The van der Waals surface area contributed by atoms with Crippen LogP contribution in [0.4, 0.5) is 42.8 Å². The molecule has 48 heavy (non-hydrogen) atoms. The van der Waals surface area contributed by atoms with Crippen LogP contribution in [0.15, 0.2) is 36.5 Å². The molecule has 0 saturated carbocycles. The van der Waals surface area contributed by atoms with Crippen molar-refractivity contribution in [1.82, 2.24) is 15.0 Å². The smallest absolute Gasteiger partial charge is 0.416 e. The number of hydrogen-bond acceptors (Lipinski definition) is 9. The normalized spacial score (nSPS) is 16.3. The molecule has 4 rings (SSSR count). The van der Waals surface area contributed by atoms with Crippen LogP contribution in [0.25, 0.3) is 0 Å². The molecule has 17 heteroatoms. The number of aromatic nitrogens is 3. The summed E-state index contributed by atoms with van der Waals surface area (Å²) in [6.07, 6.45) is -9.34. The third-order valence-electron chi connectivity index (χ3n) is 7.48. The van der Waals surface area contributed by atoms with Crippen molar-refractivity contribution in [2.45, 2.75) is 70.6 Å². The molecule has 0 aliphatic carbocycles. The number of benzene rings is 1. The summed E-state index contributed by atoms with van der Waals surface area (Å²) in [7, 11) is 1.42. The van der Waals surface area contributed by atoms with E-state index in [9.17, 15) is 35.9 Å². The number of anilines is 2. The van der Waals surface area contributed by atoms with Gasteiger partial charge in [0.2, 0.25) is 11.8 Å². The van der Waals surface area contributed by atoms with Crippen molar-refractivity contribution in [2.24, 2.45) is 0 Å². The van der Waals surface area contributed by atoms with Crippen LogP contribution in [0.1, 0.15) is 72.8 Å². The molecule has 0 fully saturated rings. The van der Waals surface area contributed by atoms with Crippen molar-refractivity contribution in [2.75, 3.05) is 30.5 Å². The Morgan fingerprint density at radius 2 is 1.73 bits per heavy atom. The van der Waals surface area contributed by atoms with Gasteiger partial charge >= 0.3 is 24.4 Å². The first-order chi connectivity index (χ1) is 22.6. The van der Waals surface area contributed by atoms with Gasteiger partial charge in [0.25, 0.3) is 0 Å². The van der Waals surface area contributed by atoms with Crippen LogP contribution in [0.5, 0.6) is 5.88 Å².